The van der Waals surface area contributed by atoms with Crippen LogP contribution in [0, 0.1) is 5.92 Å². The zero-order chi connectivity index (χ0) is 18.3. The van der Waals surface area contributed by atoms with E-state index in [1.807, 2.05) is 0 Å². The molecule has 0 aromatic carbocycles. The quantitative estimate of drug-likeness (QED) is 0.850. The summed E-state index contributed by atoms with van der Waals surface area (Å²) in [5, 5.41) is 16.1. The molecule has 1 aromatic rings. The highest BCUT2D eigenvalue weighted by atomic mass is 16.3. The Labute approximate surface area is 145 Å². The highest BCUT2D eigenvalue weighted by molar-refractivity contribution is 6.04. The van der Waals surface area contributed by atoms with Gasteiger partial charge in [-0.05, 0) is 18.8 Å². The molecule has 1 amide bonds. The molecule has 1 N–H and O–H groups in total. The van der Waals surface area contributed by atoms with E-state index >= 15 is 0 Å². The molecule has 136 valence electrons. The van der Waals surface area contributed by atoms with Crippen molar-refractivity contribution in [2.75, 3.05) is 0 Å². The molecule has 2 aliphatic rings. The van der Waals surface area contributed by atoms with E-state index in [1.54, 1.807) is 0 Å². The van der Waals surface area contributed by atoms with Gasteiger partial charge in [-0.3, -0.25) is 18.7 Å². The van der Waals surface area contributed by atoms with Gasteiger partial charge in [-0.1, -0.05) is 19.3 Å². The summed E-state index contributed by atoms with van der Waals surface area (Å²) in [5.41, 5.74) is -0.808. The summed E-state index contributed by atoms with van der Waals surface area (Å²) in [5.74, 6) is -0.233. The van der Waals surface area contributed by atoms with Crippen LogP contribution >= 0.6 is 0 Å². The third-order valence-electron chi connectivity index (χ3n) is 5.38. The molecule has 0 bridgehead atoms. The number of carbonyl (C=O) groups is 1. The maximum Gasteiger partial charge on any atom is 0.333 e. The summed E-state index contributed by atoms with van der Waals surface area (Å²) in [6.07, 6.45) is 5.97. The van der Waals surface area contributed by atoms with Gasteiger partial charge in [-0.25, -0.2) is 9.80 Å². The number of carbonyl (C=O) groups excluding carboxylic acids is 1. The largest absolute Gasteiger partial charge is 0.494 e. The van der Waals surface area contributed by atoms with Gasteiger partial charge in [0.15, 0.2) is 0 Å². The van der Waals surface area contributed by atoms with E-state index in [1.165, 1.54) is 32.4 Å². The fourth-order valence-electron chi connectivity index (χ4n) is 3.96. The second-order valence-corrected chi connectivity index (χ2v) is 6.98. The standard InChI is InChI=1S/C17H24N4O4/c1-10(22)21-13(11-7-5-4-6-8-11)9-12(18-21)14-15(23)19(2)17(25)20(3)16(14)24/h11,13,23H,4-9H2,1-3H3. The predicted octanol–water partition coefficient (Wildman–Crippen LogP) is 0.695. The molecular formula is C17H24N4O4. The van der Waals surface area contributed by atoms with Crippen LogP contribution in [-0.2, 0) is 18.9 Å². The molecule has 3 rings (SSSR count). The molecule has 1 fully saturated rings. The van der Waals surface area contributed by atoms with Gasteiger partial charge in [0.05, 0.1) is 11.8 Å². The van der Waals surface area contributed by atoms with Gasteiger partial charge in [0.25, 0.3) is 5.56 Å². The smallest absolute Gasteiger partial charge is 0.333 e. The number of amides is 1. The second kappa shape index (κ2) is 6.50. The summed E-state index contributed by atoms with van der Waals surface area (Å²) < 4.78 is 1.97. The Morgan fingerprint density at radius 3 is 2.36 bits per heavy atom. The van der Waals surface area contributed by atoms with E-state index in [9.17, 15) is 19.5 Å². The van der Waals surface area contributed by atoms with E-state index in [0.29, 0.717) is 18.1 Å². The number of hydrogen-bond acceptors (Lipinski definition) is 5. The van der Waals surface area contributed by atoms with Crippen LogP contribution in [0.2, 0.25) is 0 Å². The average molecular weight is 348 g/mol. The van der Waals surface area contributed by atoms with E-state index in [2.05, 4.69) is 5.10 Å². The summed E-state index contributed by atoms with van der Waals surface area (Å²) in [6.45, 7) is 1.46. The predicted molar refractivity (Wildman–Crippen MR) is 92.6 cm³/mol. The molecule has 8 heteroatoms. The van der Waals surface area contributed by atoms with Crippen molar-refractivity contribution in [2.45, 2.75) is 51.5 Å². The minimum absolute atomic E-state index is 0.00848. The Bertz CT molecular complexity index is 845. The van der Waals surface area contributed by atoms with Crippen molar-refractivity contribution in [1.29, 1.82) is 0 Å². The first-order chi connectivity index (χ1) is 11.8. The third kappa shape index (κ3) is 2.89. The van der Waals surface area contributed by atoms with Crippen LogP contribution in [0.1, 0.15) is 51.0 Å². The Morgan fingerprint density at radius 2 is 1.76 bits per heavy atom. The lowest BCUT2D eigenvalue weighted by atomic mass is 9.82. The minimum atomic E-state index is -0.600. The Hall–Kier alpha value is -2.38. The number of rotatable bonds is 2. The highest BCUT2D eigenvalue weighted by Crippen LogP contribution is 2.35. The Morgan fingerprint density at radius 1 is 1.12 bits per heavy atom. The minimum Gasteiger partial charge on any atom is -0.494 e. The zero-order valence-electron chi connectivity index (χ0n) is 14.9. The van der Waals surface area contributed by atoms with Crippen LogP contribution < -0.4 is 11.2 Å². The van der Waals surface area contributed by atoms with Crippen molar-refractivity contribution in [3.05, 3.63) is 26.4 Å². The van der Waals surface area contributed by atoms with Crippen LogP contribution in [0.25, 0.3) is 0 Å². The fraction of sp³-hybridized carbons (Fsp3) is 0.647. The lowest BCUT2D eigenvalue weighted by molar-refractivity contribution is -0.131. The monoisotopic (exact) mass is 348 g/mol. The normalized spacial score (nSPS) is 21.5. The number of aromatic nitrogens is 2. The van der Waals surface area contributed by atoms with Crippen molar-refractivity contribution in [3.8, 4) is 5.88 Å². The van der Waals surface area contributed by atoms with E-state index in [0.717, 1.165) is 34.8 Å². The molecule has 25 heavy (non-hydrogen) atoms. The van der Waals surface area contributed by atoms with Gasteiger partial charge in [-0.15, -0.1) is 0 Å². The summed E-state index contributed by atoms with van der Waals surface area (Å²) in [7, 11) is 2.77. The molecule has 0 radical (unpaired) electrons. The Balaban J connectivity index is 2.04. The highest BCUT2D eigenvalue weighted by Gasteiger charge is 2.38. The molecule has 1 aliphatic heterocycles. The number of aromatic hydroxyl groups is 1. The van der Waals surface area contributed by atoms with Gasteiger partial charge in [-0.2, -0.15) is 5.10 Å². The SMILES string of the molecule is CC(=O)N1N=C(c2c(O)n(C)c(=O)n(C)c2=O)CC1C1CCCCC1. The molecule has 8 nitrogen and oxygen atoms in total. The summed E-state index contributed by atoms with van der Waals surface area (Å²) in [6, 6.07) is -0.0888. The van der Waals surface area contributed by atoms with Crippen molar-refractivity contribution < 1.29 is 9.90 Å². The Kier molecular flexibility index (Phi) is 4.53. The van der Waals surface area contributed by atoms with Crippen molar-refractivity contribution >= 4 is 11.6 Å². The lowest BCUT2D eigenvalue weighted by Gasteiger charge is -2.31. The molecule has 1 aromatic heterocycles. The maximum atomic E-state index is 12.5. The van der Waals surface area contributed by atoms with Crippen LogP contribution in [0.15, 0.2) is 14.7 Å². The molecule has 2 heterocycles. The number of hydrogen-bond donors (Lipinski definition) is 1. The van der Waals surface area contributed by atoms with Gasteiger partial charge in [0.1, 0.15) is 5.56 Å². The fourth-order valence-corrected chi connectivity index (χ4v) is 3.96. The van der Waals surface area contributed by atoms with Gasteiger partial charge in [0, 0.05) is 27.4 Å². The third-order valence-corrected chi connectivity index (χ3v) is 5.38. The van der Waals surface area contributed by atoms with Crippen LogP contribution in [-0.4, -0.2) is 36.9 Å². The molecule has 1 atom stereocenters. The second-order valence-electron chi connectivity index (χ2n) is 6.98. The average Bonchev–Trinajstić information content (AvgIpc) is 3.04. The first kappa shape index (κ1) is 17.4. The molecule has 0 saturated heterocycles. The van der Waals surface area contributed by atoms with Crippen molar-refractivity contribution in [3.63, 3.8) is 0 Å². The topological polar surface area (TPSA) is 96.9 Å². The summed E-state index contributed by atoms with van der Waals surface area (Å²) >= 11 is 0. The lowest BCUT2D eigenvalue weighted by Crippen LogP contribution is -2.40. The zero-order valence-corrected chi connectivity index (χ0v) is 14.9. The number of hydrazone groups is 1. The van der Waals surface area contributed by atoms with Crippen LogP contribution in [0.3, 0.4) is 0 Å². The maximum absolute atomic E-state index is 12.5. The molecule has 1 saturated carbocycles. The molecular weight excluding hydrogens is 324 g/mol. The summed E-state index contributed by atoms with van der Waals surface area (Å²) in [4.78, 5) is 36.5. The van der Waals surface area contributed by atoms with E-state index < -0.39 is 17.1 Å². The van der Waals surface area contributed by atoms with E-state index in [4.69, 9.17) is 0 Å². The molecule has 1 unspecified atom stereocenters. The van der Waals surface area contributed by atoms with Crippen LogP contribution in [0.5, 0.6) is 5.88 Å². The number of nitrogens with zero attached hydrogens (tertiary/aromatic N) is 4. The molecule has 1 aliphatic carbocycles. The van der Waals surface area contributed by atoms with Gasteiger partial charge >= 0.3 is 5.69 Å². The van der Waals surface area contributed by atoms with Crippen molar-refractivity contribution in [2.24, 2.45) is 25.1 Å². The first-order valence-corrected chi connectivity index (χ1v) is 8.69. The van der Waals surface area contributed by atoms with Crippen LogP contribution in [0.4, 0.5) is 0 Å². The van der Waals surface area contributed by atoms with Gasteiger partial charge in [0.2, 0.25) is 11.8 Å². The van der Waals surface area contributed by atoms with E-state index in [-0.39, 0.29) is 17.5 Å². The molecule has 0 spiro atoms. The van der Waals surface area contributed by atoms with Gasteiger partial charge < -0.3 is 5.11 Å². The first-order valence-electron chi connectivity index (χ1n) is 8.69. The van der Waals surface area contributed by atoms with Crippen molar-refractivity contribution in [1.82, 2.24) is 14.1 Å².